The Balaban J connectivity index is 1.95. The SMILES string of the molecule is COC(=O)c1c(OCc2ccccc2)c2ccc(N)cc2c2ncnn12. The number of carbonyl (C=O) groups is 1. The van der Waals surface area contributed by atoms with Crippen molar-refractivity contribution in [2.24, 2.45) is 0 Å². The van der Waals surface area contributed by atoms with Gasteiger partial charge in [-0.2, -0.15) is 5.10 Å². The minimum absolute atomic E-state index is 0.188. The first-order valence-electron chi connectivity index (χ1n) is 7.99. The number of ether oxygens (including phenoxy) is 2. The second-order valence-electron chi connectivity index (χ2n) is 5.74. The van der Waals surface area contributed by atoms with Crippen molar-refractivity contribution in [2.45, 2.75) is 6.61 Å². The summed E-state index contributed by atoms with van der Waals surface area (Å²) in [4.78, 5) is 16.7. The van der Waals surface area contributed by atoms with Crippen molar-refractivity contribution in [3.63, 3.8) is 0 Å². The van der Waals surface area contributed by atoms with Gasteiger partial charge in [0.1, 0.15) is 12.9 Å². The number of rotatable bonds is 4. The van der Waals surface area contributed by atoms with Crippen LogP contribution >= 0.6 is 0 Å². The van der Waals surface area contributed by atoms with Crippen LogP contribution in [-0.2, 0) is 11.3 Å². The molecular weight excluding hydrogens is 332 g/mol. The number of nitrogens with two attached hydrogens (primary N) is 1. The Morgan fingerprint density at radius 1 is 1.15 bits per heavy atom. The molecule has 0 fully saturated rings. The number of hydrogen-bond donors (Lipinski definition) is 1. The molecule has 0 aliphatic rings. The van der Waals surface area contributed by atoms with Crippen LogP contribution in [0.1, 0.15) is 16.1 Å². The summed E-state index contributed by atoms with van der Waals surface area (Å²) in [6.07, 6.45) is 1.38. The van der Waals surface area contributed by atoms with Crippen molar-refractivity contribution in [3.8, 4) is 5.75 Å². The van der Waals surface area contributed by atoms with Gasteiger partial charge in [0.25, 0.3) is 0 Å². The fourth-order valence-corrected chi connectivity index (χ4v) is 2.91. The molecule has 0 amide bonds. The molecular formula is C19H16N4O3. The number of pyridine rings is 1. The predicted octanol–water partition coefficient (Wildman–Crippen LogP) is 2.83. The Kier molecular flexibility index (Phi) is 3.89. The maximum Gasteiger partial charge on any atom is 0.360 e. The van der Waals surface area contributed by atoms with E-state index < -0.39 is 5.97 Å². The molecule has 7 nitrogen and oxygen atoms in total. The van der Waals surface area contributed by atoms with E-state index in [0.717, 1.165) is 16.3 Å². The number of nitrogen functional groups attached to an aromatic ring is 1. The van der Waals surface area contributed by atoms with E-state index >= 15 is 0 Å². The first kappa shape index (κ1) is 15.9. The van der Waals surface area contributed by atoms with E-state index in [1.165, 1.54) is 18.0 Å². The van der Waals surface area contributed by atoms with E-state index in [-0.39, 0.29) is 5.69 Å². The molecule has 7 heteroatoms. The van der Waals surface area contributed by atoms with Gasteiger partial charge in [-0.05, 0) is 23.8 Å². The van der Waals surface area contributed by atoms with Gasteiger partial charge in [0.05, 0.1) is 7.11 Å². The van der Waals surface area contributed by atoms with Crippen LogP contribution in [0.2, 0.25) is 0 Å². The highest BCUT2D eigenvalue weighted by atomic mass is 16.5. The summed E-state index contributed by atoms with van der Waals surface area (Å²) in [5, 5.41) is 5.63. The number of fused-ring (bicyclic) bond motifs is 3. The number of aromatic nitrogens is 3. The molecule has 130 valence electrons. The van der Waals surface area contributed by atoms with Gasteiger partial charge in [-0.1, -0.05) is 30.3 Å². The first-order chi connectivity index (χ1) is 12.7. The lowest BCUT2D eigenvalue weighted by Crippen LogP contribution is -2.13. The average molecular weight is 348 g/mol. The fraction of sp³-hybridized carbons (Fsp3) is 0.105. The molecule has 0 saturated heterocycles. The molecule has 0 spiro atoms. The van der Waals surface area contributed by atoms with Crippen LogP contribution < -0.4 is 10.5 Å². The molecule has 0 saturated carbocycles. The second-order valence-corrected chi connectivity index (χ2v) is 5.74. The van der Waals surface area contributed by atoms with Gasteiger partial charge < -0.3 is 15.2 Å². The zero-order valence-corrected chi connectivity index (χ0v) is 14.0. The van der Waals surface area contributed by atoms with Crippen molar-refractivity contribution in [2.75, 3.05) is 12.8 Å². The lowest BCUT2D eigenvalue weighted by atomic mass is 10.1. The van der Waals surface area contributed by atoms with Crippen LogP contribution in [0.5, 0.6) is 5.75 Å². The van der Waals surface area contributed by atoms with Crippen molar-refractivity contribution in [1.29, 1.82) is 0 Å². The molecule has 2 aromatic carbocycles. The van der Waals surface area contributed by atoms with Crippen LogP contribution in [0.3, 0.4) is 0 Å². The smallest absolute Gasteiger partial charge is 0.360 e. The van der Waals surface area contributed by atoms with E-state index in [1.54, 1.807) is 12.1 Å². The monoisotopic (exact) mass is 348 g/mol. The molecule has 4 aromatic rings. The number of anilines is 1. The van der Waals surface area contributed by atoms with Crippen molar-refractivity contribution in [1.82, 2.24) is 14.6 Å². The number of benzene rings is 2. The zero-order chi connectivity index (χ0) is 18.1. The first-order valence-corrected chi connectivity index (χ1v) is 7.99. The van der Waals surface area contributed by atoms with Crippen molar-refractivity contribution >= 4 is 28.1 Å². The molecule has 0 aliphatic heterocycles. The number of carbonyl (C=O) groups excluding carboxylic acids is 1. The quantitative estimate of drug-likeness (QED) is 0.450. The van der Waals surface area contributed by atoms with Crippen molar-refractivity contribution < 1.29 is 14.3 Å². The van der Waals surface area contributed by atoms with Gasteiger partial charge in [-0.25, -0.2) is 14.3 Å². The summed E-state index contributed by atoms with van der Waals surface area (Å²) in [7, 11) is 1.32. The third-order valence-electron chi connectivity index (χ3n) is 4.11. The van der Waals surface area contributed by atoms with E-state index in [2.05, 4.69) is 10.1 Å². The highest BCUT2D eigenvalue weighted by Gasteiger charge is 2.24. The zero-order valence-electron chi connectivity index (χ0n) is 14.0. The van der Waals surface area contributed by atoms with Crippen LogP contribution in [0.4, 0.5) is 5.69 Å². The molecule has 0 bridgehead atoms. The molecule has 0 unspecified atom stereocenters. The topological polar surface area (TPSA) is 91.7 Å². The molecule has 4 rings (SSSR count). The summed E-state index contributed by atoms with van der Waals surface area (Å²) in [6, 6.07) is 15.0. The summed E-state index contributed by atoms with van der Waals surface area (Å²) >= 11 is 0. The third-order valence-corrected chi connectivity index (χ3v) is 4.11. The third kappa shape index (κ3) is 2.59. The highest BCUT2D eigenvalue weighted by Crippen LogP contribution is 2.34. The molecule has 2 heterocycles. The number of nitrogens with zero attached hydrogens (tertiary/aromatic N) is 3. The molecule has 0 radical (unpaired) electrons. The van der Waals surface area contributed by atoms with Crippen LogP contribution in [-0.4, -0.2) is 27.7 Å². The van der Waals surface area contributed by atoms with E-state index in [0.29, 0.717) is 23.7 Å². The van der Waals surface area contributed by atoms with Gasteiger partial charge in [0.15, 0.2) is 17.1 Å². The van der Waals surface area contributed by atoms with E-state index in [9.17, 15) is 4.79 Å². The number of methoxy groups -OCH3 is 1. The lowest BCUT2D eigenvalue weighted by molar-refractivity contribution is 0.0585. The highest BCUT2D eigenvalue weighted by molar-refractivity contribution is 6.06. The van der Waals surface area contributed by atoms with E-state index in [1.807, 2.05) is 36.4 Å². The number of hydrogen-bond acceptors (Lipinski definition) is 6. The van der Waals surface area contributed by atoms with Crippen LogP contribution in [0, 0.1) is 0 Å². The van der Waals surface area contributed by atoms with Crippen LogP contribution in [0.15, 0.2) is 54.9 Å². The Morgan fingerprint density at radius 2 is 1.96 bits per heavy atom. The molecule has 2 aromatic heterocycles. The fourth-order valence-electron chi connectivity index (χ4n) is 2.91. The Morgan fingerprint density at radius 3 is 2.73 bits per heavy atom. The van der Waals surface area contributed by atoms with E-state index in [4.69, 9.17) is 15.2 Å². The Hall–Kier alpha value is -3.61. The minimum Gasteiger partial charge on any atom is -0.486 e. The number of esters is 1. The average Bonchev–Trinajstić information content (AvgIpc) is 3.15. The predicted molar refractivity (Wildman–Crippen MR) is 97.0 cm³/mol. The van der Waals surface area contributed by atoms with Crippen LogP contribution in [0.25, 0.3) is 16.4 Å². The second kappa shape index (κ2) is 6.36. The molecule has 2 N–H and O–H groups in total. The summed E-state index contributed by atoms with van der Waals surface area (Å²) in [5.74, 6) is -0.170. The molecule has 26 heavy (non-hydrogen) atoms. The maximum absolute atomic E-state index is 12.5. The largest absolute Gasteiger partial charge is 0.486 e. The summed E-state index contributed by atoms with van der Waals surface area (Å²) in [6.45, 7) is 0.296. The van der Waals surface area contributed by atoms with Crippen molar-refractivity contribution in [3.05, 3.63) is 66.1 Å². The Bertz CT molecular complexity index is 1110. The van der Waals surface area contributed by atoms with Gasteiger partial charge >= 0.3 is 5.97 Å². The van der Waals surface area contributed by atoms with Gasteiger partial charge in [-0.15, -0.1) is 0 Å². The Labute approximate surface area is 149 Å². The maximum atomic E-state index is 12.5. The lowest BCUT2D eigenvalue weighted by Gasteiger charge is -2.15. The normalized spacial score (nSPS) is 11.0. The minimum atomic E-state index is -0.553. The molecule has 0 atom stereocenters. The molecule has 0 aliphatic carbocycles. The van der Waals surface area contributed by atoms with Gasteiger partial charge in [0, 0.05) is 16.5 Å². The standard InChI is InChI=1S/C19H16N4O3/c1-25-19(24)16-17(26-10-12-5-3-2-4-6-12)14-8-7-13(20)9-15(14)18-21-11-22-23(16)18/h2-9,11H,10,20H2,1H3. The van der Waals surface area contributed by atoms with Gasteiger partial charge in [0.2, 0.25) is 0 Å². The van der Waals surface area contributed by atoms with Gasteiger partial charge in [-0.3, -0.25) is 0 Å². The summed E-state index contributed by atoms with van der Waals surface area (Å²) in [5.41, 5.74) is 8.20. The summed E-state index contributed by atoms with van der Waals surface area (Å²) < 4.78 is 12.4.